The third-order valence-corrected chi connectivity index (χ3v) is 4.98. The lowest BCUT2D eigenvalue weighted by molar-refractivity contribution is 0.0147. The van der Waals surface area contributed by atoms with Gasteiger partial charge < -0.3 is 9.47 Å². The Morgan fingerprint density at radius 3 is 2.08 bits per heavy atom. The van der Waals surface area contributed by atoms with E-state index in [1.54, 1.807) is 6.92 Å². The standard InChI is InChI=1S/C27H20F6O3/c1-3-4-15-35-25-23(30)21(28)18(22(29)24(25)31)14-11-16-9-12-17(13-10-16)26(34)36-20-8-6-5-7-19(20)27(2,32)33/h5-10,12-13H,3-4,15H2,1-2H3. The zero-order valence-corrected chi connectivity index (χ0v) is 19.2. The normalized spacial score (nSPS) is 11.0. The van der Waals surface area contributed by atoms with Gasteiger partial charge in [-0.15, -0.1) is 0 Å². The lowest BCUT2D eigenvalue weighted by Gasteiger charge is -2.15. The van der Waals surface area contributed by atoms with Gasteiger partial charge in [-0.25, -0.2) is 22.4 Å². The highest BCUT2D eigenvalue weighted by Crippen LogP contribution is 2.34. The highest BCUT2D eigenvalue weighted by Gasteiger charge is 2.29. The number of carbonyl (C=O) groups is 1. The van der Waals surface area contributed by atoms with Crippen LogP contribution >= 0.6 is 0 Å². The molecule has 0 heterocycles. The van der Waals surface area contributed by atoms with Crippen LogP contribution in [0.1, 0.15) is 53.7 Å². The summed E-state index contributed by atoms with van der Waals surface area (Å²) in [6.45, 7) is 2.36. The van der Waals surface area contributed by atoms with Crippen molar-refractivity contribution < 1.29 is 40.6 Å². The molecule has 0 saturated carbocycles. The molecule has 0 aliphatic heterocycles. The van der Waals surface area contributed by atoms with Gasteiger partial charge in [0, 0.05) is 12.5 Å². The molecule has 0 aromatic heterocycles. The topological polar surface area (TPSA) is 35.5 Å². The molecule has 3 nitrogen and oxygen atoms in total. The molecule has 188 valence electrons. The summed E-state index contributed by atoms with van der Waals surface area (Å²) in [4.78, 5) is 12.4. The van der Waals surface area contributed by atoms with Gasteiger partial charge in [-0.1, -0.05) is 37.3 Å². The zero-order chi connectivity index (χ0) is 26.5. The molecule has 0 bridgehead atoms. The number of esters is 1. The first-order chi connectivity index (χ1) is 17.0. The van der Waals surface area contributed by atoms with E-state index in [0.29, 0.717) is 19.8 Å². The first-order valence-corrected chi connectivity index (χ1v) is 10.8. The first kappa shape index (κ1) is 26.7. The second kappa shape index (κ2) is 11.2. The van der Waals surface area contributed by atoms with Gasteiger partial charge in [0.2, 0.25) is 11.6 Å². The Morgan fingerprint density at radius 2 is 1.50 bits per heavy atom. The van der Waals surface area contributed by atoms with Crippen molar-refractivity contribution in [2.24, 2.45) is 0 Å². The first-order valence-electron chi connectivity index (χ1n) is 10.8. The third-order valence-electron chi connectivity index (χ3n) is 4.98. The van der Waals surface area contributed by atoms with Crippen LogP contribution in [0.5, 0.6) is 11.5 Å². The van der Waals surface area contributed by atoms with Gasteiger partial charge in [0.25, 0.3) is 5.92 Å². The summed E-state index contributed by atoms with van der Waals surface area (Å²) in [6.07, 6.45) is 1.08. The second-order valence-electron chi connectivity index (χ2n) is 7.76. The molecule has 0 spiro atoms. The van der Waals surface area contributed by atoms with E-state index in [2.05, 4.69) is 11.8 Å². The second-order valence-corrected chi connectivity index (χ2v) is 7.76. The quantitative estimate of drug-likeness (QED) is 0.0853. The molecule has 0 aliphatic rings. The predicted octanol–water partition coefficient (Wildman–Crippen LogP) is 7.15. The summed E-state index contributed by atoms with van der Waals surface area (Å²) in [6, 6.07) is 10.2. The molecule has 3 rings (SSSR count). The van der Waals surface area contributed by atoms with E-state index in [9.17, 15) is 31.1 Å². The Balaban J connectivity index is 1.81. The Morgan fingerprint density at radius 1 is 0.889 bits per heavy atom. The number of unbranched alkanes of at least 4 members (excludes halogenated alkanes) is 1. The summed E-state index contributed by atoms with van der Waals surface area (Å²) in [5.41, 5.74) is -1.45. The van der Waals surface area contributed by atoms with Crippen molar-refractivity contribution in [2.75, 3.05) is 6.61 Å². The summed E-state index contributed by atoms with van der Waals surface area (Å²) in [5, 5.41) is 0. The maximum atomic E-state index is 14.3. The van der Waals surface area contributed by atoms with Crippen molar-refractivity contribution in [3.05, 3.63) is 94.1 Å². The van der Waals surface area contributed by atoms with Crippen LogP contribution < -0.4 is 9.47 Å². The van der Waals surface area contributed by atoms with Crippen molar-refractivity contribution >= 4 is 5.97 Å². The van der Waals surface area contributed by atoms with E-state index in [-0.39, 0.29) is 23.5 Å². The lowest BCUT2D eigenvalue weighted by Crippen LogP contribution is -2.14. The summed E-state index contributed by atoms with van der Waals surface area (Å²) in [5.74, 6) is -7.97. The highest BCUT2D eigenvalue weighted by atomic mass is 19.3. The van der Waals surface area contributed by atoms with Crippen LogP contribution in [-0.4, -0.2) is 12.6 Å². The molecular weight excluding hydrogens is 486 g/mol. The zero-order valence-electron chi connectivity index (χ0n) is 19.2. The van der Waals surface area contributed by atoms with Crippen LogP contribution in [-0.2, 0) is 5.92 Å². The summed E-state index contributed by atoms with van der Waals surface area (Å²) in [7, 11) is 0. The molecule has 0 saturated heterocycles. The Bertz CT molecular complexity index is 1290. The number of para-hydroxylation sites is 1. The highest BCUT2D eigenvalue weighted by molar-refractivity contribution is 5.91. The van der Waals surface area contributed by atoms with Crippen molar-refractivity contribution in [1.29, 1.82) is 0 Å². The fourth-order valence-corrected chi connectivity index (χ4v) is 3.07. The minimum Gasteiger partial charge on any atom is -0.487 e. The van der Waals surface area contributed by atoms with Gasteiger partial charge in [-0.3, -0.25) is 0 Å². The molecular formula is C27H20F6O3. The van der Waals surface area contributed by atoms with E-state index < -0.39 is 52.0 Å². The SMILES string of the molecule is CCCCOc1c(F)c(F)c(C#Cc2ccc(C(=O)Oc3ccccc3C(C)(F)F)cc2)c(F)c1F. The lowest BCUT2D eigenvalue weighted by atomic mass is 10.1. The van der Waals surface area contributed by atoms with Crippen LogP contribution in [0.4, 0.5) is 26.3 Å². The van der Waals surface area contributed by atoms with Crippen LogP contribution in [0, 0.1) is 35.1 Å². The molecule has 9 heteroatoms. The van der Waals surface area contributed by atoms with Gasteiger partial charge in [0.05, 0.1) is 17.7 Å². The largest absolute Gasteiger partial charge is 0.487 e. The summed E-state index contributed by atoms with van der Waals surface area (Å²) >= 11 is 0. The number of ether oxygens (including phenoxy) is 2. The molecule has 0 aliphatic carbocycles. The number of benzene rings is 3. The van der Waals surface area contributed by atoms with Crippen LogP contribution in [0.15, 0.2) is 48.5 Å². The Kier molecular flexibility index (Phi) is 8.30. The van der Waals surface area contributed by atoms with Crippen LogP contribution in [0.25, 0.3) is 0 Å². The minimum absolute atomic E-state index is 0.0159. The van der Waals surface area contributed by atoms with Gasteiger partial charge in [-0.05, 0) is 42.8 Å². The smallest absolute Gasteiger partial charge is 0.343 e. The van der Waals surface area contributed by atoms with E-state index in [1.807, 2.05) is 0 Å². The molecule has 0 amide bonds. The summed E-state index contributed by atoms with van der Waals surface area (Å²) < 4.78 is 94.4. The van der Waals surface area contributed by atoms with E-state index in [1.165, 1.54) is 42.5 Å². The molecule has 0 N–H and O–H groups in total. The Labute approximate surface area is 203 Å². The molecule has 0 unspecified atom stereocenters. The fraction of sp³-hybridized carbons (Fsp3) is 0.222. The molecule has 3 aromatic carbocycles. The number of alkyl halides is 2. The van der Waals surface area contributed by atoms with Gasteiger partial charge >= 0.3 is 5.97 Å². The Hall–Kier alpha value is -3.93. The average molecular weight is 506 g/mol. The van der Waals surface area contributed by atoms with Crippen LogP contribution in [0.2, 0.25) is 0 Å². The molecule has 3 aromatic rings. The predicted molar refractivity (Wildman–Crippen MR) is 120 cm³/mol. The van der Waals surface area contributed by atoms with E-state index in [4.69, 9.17) is 9.47 Å². The van der Waals surface area contributed by atoms with Crippen LogP contribution in [0.3, 0.4) is 0 Å². The van der Waals surface area contributed by atoms with Crippen molar-refractivity contribution in [3.63, 3.8) is 0 Å². The third kappa shape index (κ3) is 6.00. The fourth-order valence-electron chi connectivity index (χ4n) is 3.07. The van der Waals surface area contributed by atoms with E-state index >= 15 is 0 Å². The minimum atomic E-state index is -3.24. The monoisotopic (exact) mass is 506 g/mol. The average Bonchev–Trinajstić information content (AvgIpc) is 2.85. The maximum Gasteiger partial charge on any atom is 0.343 e. The molecule has 0 fully saturated rings. The molecule has 0 atom stereocenters. The van der Waals surface area contributed by atoms with E-state index in [0.717, 1.165) is 6.07 Å². The van der Waals surface area contributed by atoms with Gasteiger partial charge in [-0.2, -0.15) is 8.78 Å². The number of hydrogen-bond acceptors (Lipinski definition) is 3. The number of halogens is 6. The molecule has 0 radical (unpaired) electrons. The van der Waals surface area contributed by atoms with Gasteiger partial charge in [0.1, 0.15) is 11.3 Å². The van der Waals surface area contributed by atoms with Crippen molar-refractivity contribution in [1.82, 2.24) is 0 Å². The number of carbonyl (C=O) groups excluding carboxylic acids is 1. The van der Waals surface area contributed by atoms with Crippen molar-refractivity contribution in [3.8, 4) is 23.3 Å². The number of rotatable bonds is 7. The molecule has 36 heavy (non-hydrogen) atoms. The maximum absolute atomic E-state index is 14.3. The number of hydrogen-bond donors (Lipinski definition) is 0. The van der Waals surface area contributed by atoms with Crippen molar-refractivity contribution in [2.45, 2.75) is 32.6 Å². The van der Waals surface area contributed by atoms with Gasteiger partial charge in [0.15, 0.2) is 17.4 Å².